The second kappa shape index (κ2) is 5.87. The molecule has 0 heterocycles. The standard InChI is InChI=1S/C11H12F4N2O2/c1-2-9(10(18)17-16)19-6-3-4-8(12)7(5-6)11(13,14)15/h3-5,9H,2,16H2,1H3,(H,17,18). The fourth-order valence-electron chi connectivity index (χ4n) is 1.37. The molecule has 0 aliphatic heterocycles. The number of alkyl halides is 3. The molecule has 19 heavy (non-hydrogen) atoms. The number of benzene rings is 1. The van der Waals surface area contributed by atoms with Gasteiger partial charge >= 0.3 is 6.18 Å². The zero-order chi connectivity index (χ0) is 14.6. The van der Waals surface area contributed by atoms with Gasteiger partial charge in [-0.3, -0.25) is 10.2 Å². The van der Waals surface area contributed by atoms with Gasteiger partial charge in [-0.2, -0.15) is 13.2 Å². The smallest absolute Gasteiger partial charge is 0.419 e. The molecule has 1 unspecified atom stereocenters. The van der Waals surface area contributed by atoms with Crippen LogP contribution >= 0.6 is 0 Å². The Morgan fingerprint density at radius 1 is 1.47 bits per heavy atom. The van der Waals surface area contributed by atoms with Gasteiger partial charge in [0.05, 0.1) is 5.56 Å². The van der Waals surface area contributed by atoms with Gasteiger partial charge in [0.15, 0.2) is 6.10 Å². The molecule has 0 aliphatic rings. The lowest BCUT2D eigenvalue weighted by atomic mass is 10.2. The first kappa shape index (κ1) is 15.2. The van der Waals surface area contributed by atoms with Crippen LogP contribution in [0.1, 0.15) is 18.9 Å². The largest absolute Gasteiger partial charge is 0.481 e. The van der Waals surface area contributed by atoms with Crippen LogP contribution in [0.5, 0.6) is 5.75 Å². The van der Waals surface area contributed by atoms with Crippen LogP contribution in [0.4, 0.5) is 17.6 Å². The number of amides is 1. The minimum absolute atomic E-state index is 0.196. The van der Waals surface area contributed by atoms with Crippen molar-refractivity contribution in [3.8, 4) is 5.75 Å². The van der Waals surface area contributed by atoms with E-state index in [9.17, 15) is 22.4 Å². The third-order valence-electron chi connectivity index (χ3n) is 2.33. The van der Waals surface area contributed by atoms with Gasteiger partial charge in [0.25, 0.3) is 5.91 Å². The van der Waals surface area contributed by atoms with E-state index in [1.807, 2.05) is 5.43 Å². The van der Waals surface area contributed by atoms with Gasteiger partial charge in [0.2, 0.25) is 0 Å². The fourth-order valence-corrected chi connectivity index (χ4v) is 1.37. The van der Waals surface area contributed by atoms with Crippen molar-refractivity contribution >= 4 is 5.91 Å². The van der Waals surface area contributed by atoms with E-state index in [-0.39, 0.29) is 12.2 Å². The lowest BCUT2D eigenvalue weighted by Gasteiger charge is -2.17. The first-order valence-corrected chi connectivity index (χ1v) is 5.33. The van der Waals surface area contributed by atoms with Crippen molar-refractivity contribution in [1.82, 2.24) is 5.43 Å². The summed E-state index contributed by atoms with van der Waals surface area (Å²) in [7, 11) is 0. The van der Waals surface area contributed by atoms with Gasteiger partial charge < -0.3 is 4.74 Å². The zero-order valence-corrected chi connectivity index (χ0v) is 9.92. The topological polar surface area (TPSA) is 64.3 Å². The summed E-state index contributed by atoms with van der Waals surface area (Å²) in [6.45, 7) is 1.59. The maximum atomic E-state index is 13.0. The van der Waals surface area contributed by atoms with Crippen LogP contribution < -0.4 is 16.0 Å². The number of halogens is 4. The molecule has 1 rings (SSSR count). The van der Waals surface area contributed by atoms with Crippen LogP contribution in [-0.2, 0) is 11.0 Å². The lowest BCUT2D eigenvalue weighted by Crippen LogP contribution is -2.41. The van der Waals surface area contributed by atoms with Crippen molar-refractivity contribution in [2.75, 3.05) is 0 Å². The second-order valence-corrected chi connectivity index (χ2v) is 3.66. The second-order valence-electron chi connectivity index (χ2n) is 3.66. The van der Waals surface area contributed by atoms with E-state index < -0.39 is 29.6 Å². The molecule has 106 valence electrons. The summed E-state index contributed by atoms with van der Waals surface area (Å²) in [5.74, 6) is 2.56. The van der Waals surface area contributed by atoms with E-state index in [1.165, 1.54) is 0 Å². The van der Waals surface area contributed by atoms with Gasteiger partial charge in [-0.1, -0.05) is 6.92 Å². The third-order valence-corrected chi connectivity index (χ3v) is 2.33. The van der Waals surface area contributed by atoms with Crippen LogP contribution in [0.3, 0.4) is 0 Å². The molecule has 1 amide bonds. The van der Waals surface area contributed by atoms with E-state index in [4.69, 9.17) is 10.6 Å². The maximum absolute atomic E-state index is 13.0. The average molecular weight is 280 g/mol. The van der Waals surface area contributed by atoms with E-state index in [2.05, 4.69) is 0 Å². The number of carbonyl (C=O) groups excluding carboxylic acids is 1. The van der Waals surface area contributed by atoms with Gasteiger partial charge in [-0.25, -0.2) is 10.2 Å². The Hall–Kier alpha value is -1.83. The van der Waals surface area contributed by atoms with Crippen LogP contribution in [0, 0.1) is 5.82 Å². The van der Waals surface area contributed by atoms with Gasteiger partial charge in [0.1, 0.15) is 11.6 Å². The van der Waals surface area contributed by atoms with Crippen molar-refractivity contribution in [3.63, 3.8) is 0 Å². The molecule has 0 aliphatic carbocycles. The minimum Gasteiger partial charge on any atom is -0.481 e. The Kier molecular flexibility index (Phi) is 4.71. The Balaban J connectivity index is 3.00. The monoisotopic (exact) mass is 280 g/mol. The van der Waals surface area contributed by atoms with Crippen molar-refractivity contribution in [3.05, 3.63) is 29.6 Å². The Labute approximate surface area is 106 Å². The molecular formula is C11H12F4N2O2. The number of hydrogen-bond acceptors (Lipinski definition) is 3. The maximum Gasteiger partial charge on any atom is 0.419 e. The molecule has 3 N–H and O–H groups in total. The summed E-state index contributed by atoms with van der Waals surface area (Å²) in [5.41, 5.74) is 0.381. The van der Waals surface area contributed by atoms with Crippen molar-refractivity contribution in [2.24, 2.45) is 5.84 Å². The van der Waals surface area contributed by atoms with E-state index in [1.54, 1.807) is 6.92 Å². The predicted molar refractivity (Wildman–Crippen MR) is 58.4 cm³/mol. The molecule has 0 spiro atoms. The molecule has 1 atom stereocenters. The molecule has 0 saturated carbocycles. The highest BCUT2D eigenvalue weighted by molar-refractivity contribution is 5.80. The summed E-state index contributed by atoms with van der Waals surface area (Å²) in [4.78, 5) is 11.2. The molecule has 0 bridgehead atoms. The summed E-state index contributed by atoms with van der Waals surface area (Å²) in [6.07, 6.45) is -5.68. The molecule has 0 aromatic heterocycles. The van der Waals surface area contributed by atoms with Gasteiger partial charge in [-0.05, 0) is 24.6 Å². The third kappa shape index (κ3) is 3.82. The normalized spacial score (nSPS) is 12.9. The van der Waals surface area contributed by atoms with Crippen LogP contribution in [0.2, 0.25) is 0 Å². The summed E-state index contributed by atoms with van der Waals surface area (Å²) >= 11 is 0. The SMILES string of the molecule is CCC(Oc1ccc(F)c(C(F)(F)F)c1)C(=O)NN. The summed E-state index contributed by atoms with van der Waals surface area (Å²) < 4.78 is 55.5. The molecule has 4 nitrogen and oxygen atoms in total. The lowest BCUT2D eigenvalue weighted by molar-refractivity contribution is -0.140. The molecule has 0 fully saturated rings. The molecule has 1 aromatic rings. The van der Waals surface area contributed by atoms with Gasteiger partial charge in [0, 0.05) is 0 Å². The molecule has 0 radical (unpaired) electrons. The highest BCUT2D eigenvalue weighted by Crippen LogP contribution is 2.33. The number of ether oxygens (including phenoxy) is 1. The number of nitrogens with two attached hydrogens (primary N) is 1. The number of carbonyl (C=O) groups is 1. The highest BCUT2D eigenvalue weighted by atomic mass is 19.4. The number of nitrogens with one attached hydrogen (secondary N) is 1. The van der Waals surface area contributed by atoms with Crippen LogP contribution in [0.15, 0.2) is 18.2 Å². The summed E-state index contributed by atoms with van der Waals surface area (Å²) in [5, 5.41) is 0. The molecule has 1 aromatic carbocycles. The van der Waals surface area contributed by atoms with Gasteiger partial charge in [-0.15, -0.1) is 0 Å². The van der Waals surface area contributed by atoms with Crippen molar-refractivity contribution in [2.45, 2.75) is 25.6 Å². The van der Waals surface area contributed by atoms with Crippen molar-refractivity contribution < 1.29 is 27.1 Å². The van der Waals surface area contributed by atoms with E-state index in [0.29, 0.717) is 12.1 Å². The Bertz CT molecular complexity index is 462. The quantitative estimate of drug-likeness (QED) is 0.384. The Morgan fingerprint density at radius 2 is 2.11 bits per heavy atom. The van der Waals surface area contributed by atoms with E-state index >= 15 is 0 Å². The van der Waals surface area contributed by atoms with Crippen LogP contribution in [0.25, 0.3) is 0 Å². The highest BCUT2D eigenvalue weighted by Gasteiger charge is 2.34. The Morgan fingerprint density at radius 3 is 2.58 bits per heavy atom. The van der Waals surface area contributed by atoms with Crippen molar-refractivity contribution in [1.29, 1.82) is 0 Å². The summed E-state index contributed by atoms with van der Waals surface area (Å²) in [6, 6.07) is 2.14. The average Bonchev–Trinajstić information content (AvgIpc) is 2.35. The first-order valence-electron chi connectivity index (χ1n) is 5.33. The number of hydrogen-bond donors (Lipinski definition) is 2. The molecule has 0 saturated heterocycles. The fraction of sp³-hybridized carbons (Fsp3) is 0.364. The number of rotatable bonds is 4. The predicted octanol–water partition coefficient (Wildman–Crippen LogP) is 1.99. The van der Waals surface area contributed by atoms with Crippen LogP contribution in [-0.4, -0.2) is 12.0 Å². The molecular weight excluding hydrogens is 268 g/mol. The first-order chi connectivity index (χ1) is 8.79. The minimum atomic E-state index is -4.83. The molecule has 8 heteroatoms. The number of hydrazine groups is 1. The zero-order valence-electron chi connectivity index (χ0n) is 9.92. The van der Waals surface area contributed by atoms with E-state index in [0.717, 1.165) is 6.07 Å².